The number of hydrogen-bond donors (Lipinski definition) is 1. The van der Waals surface area contributed by atoms with E-state index in [1.54, 1.807) is 0 Å². The van der Waals surface area contributed by atoms with E-state index in [-0.39, 0.29) is 6.04 Å². The van der Waals surface area contributed by atoms with E-state index in [1.807, 2.05) is 19.1 Å². The summed E-state index contributed by atoms with van der Waals surface area (Å²) in [4.78, 5) is 0. The van der Waals surface area contributed by atoms with Crippen molar-refractivity contribution in [3.8, 4) is 11.8 Å². The van der Waals surface area contributed by atoms with Gasteiger partial charge in [-0.05, 0) is 30.2 Å². The molecule has 1 atom stereocenters. The van der Waals surface area contributed by atoms with Crippen LogP contribution in [0.25, 0.3) is 0 Å². The van der Waals surface area contributed by atoms with E-state index in [0.29, 0.717) is 12.5 Å². The number of likely N-dealkylation sites (N-methyl/N-ethyl adjacent to an activating group) is 1. The maximum Gasteiger partial charge on any atom is 0.130 e. The molecule has 0 aromatic heterocycles. The van der Waals surface area contributed by atoms with Gasteiger partial charge < -0.3 is 4.74 Å². The molecule has 0 radical (unpaired) electrons. The Labute approximate surface area is 103 Å². The van der Waals surface area contributed by atoms with Gasteiger partial charge in [0.1, 0.15) is 18.4 Å². The fourth-order valence-corrected chi connectivity index (χ4v) is 1.52. The van der Waals surface area contributed by atoms with E-state index in [0.717, 1.165) is 12.3 Å². The van der Waals surface area contributed by atoms with Gasteiger partial charge in [0.2, 0.25) is 0 Å². The molecule has 1 unspecified atom stereocenters. The smallest absolute Gasteiger partial charge is 0.130 e. The van der Waals surface area contributed by atoms with E-state index in [2.05, 4.69) is 37.4 Å². The largest absolute Gasteiger partial charge is 0.491 e. The molecule has 3 heteroatoms. The van der Waals surface area contributed by atoms with Gasteiger partial charge in [0.25, 0.3) is 0 Å². The van der Waals surface area contributed by atoms with Gasteiger partial charge in [0, 0.05) is 0 Å². The first-order valence-electron chi connectivity index (χ1n) is 6.03. The zero-order valence-electron chi connectivity index (χ0n) is 10.7. The Kier molecular flexibility index (Phi) is 5.51. The van der Waals surface area contributed by atoms with Crippen LogP contribution < -0.4 is 10.1 Å². The van der Waals surface area contributed by atoms with Crippen LogP contribution >= 0.6 is 0 Å². The topological polar surface area (TPSA) is 45.0 Å². The summed E-state index contributed by atoms with van der Waals surface area (Å²) in [5.41, 5.74) is 1.29. The molecule has 0 saturated heterocycles. The molecule has 0 heterocycles. The molecule has 0 aliphatic carbocycles. The summed E-state index contributed by atoms with van der Waals surface area (Å²) < 4.78 is 5.56. The van der Waals surface area contributed by atoms with Crippen LogP contribution in [0.3, 0.4) is 0 Å². The van der Waals surface area contributed by atoms with Crippen LogP contribution in [0.2, 0.25) is 0 Å². The minimum Gasteiger partial charge on any atom is -0.491 e. The molecule has 0 saturated carbocycles. The average Bonchev–Trinajstić information content (AvgIpc) is 2.35. The van der Waals surface area contributed by atoms with Crippen LogP contribution in [0.15, 0.2) is 24.3 Å². The Morgan fingerprint density at radius 3 is 2.41 bits per heavy atom. The zero-order chi connectivity index (χ0) is 12.7. The quantitative estimate of drug-likeness (QED) is 0.820. The standard InChI is InChI=1S/C14H20N2O/c1-4-16-13(9-15)10-17-14-7-5-12(6-8-14)11(2)3/h5-8,11,13,16H,4,10H2,1-3H3. The summed E-state index contributed by atoms with van der Waals surface area (Å²) in [7, 11) is 0. The van der Waals surface area contributed by atoms with Crippen LogP contribution in [0.4, 0.5) is 0 Å². The van der Waals surface area contributed by atoms with Crippen molar-refractivity contribution in [3.63, 3.8) is 0 Å². The maximum absolute atomic E-state index is 8.86. The van der Waals surface area contributed by atoms with Gasteiger partial charge in [0.15, 0.2) is 0 Å². The molecular weight excluding hydrogens is 212 g/mol. The van der Waals surface area contributed by atoms with Crippen molar-refractivity contribution in [1.29, 1.82) is 5.26 Å². The second kappa shape index (κ2) is 6.93. The number of nitrogens with one attached hydrogen (secondary N) is 1. The SMILES string of the molecule is CCNC(C#N)COc1ccc(C(C)C)cc1. The minimum absolute atomic E-state index is 0.246. The van der Waals surface area contributed by atoms with Gasteiger partial charge in [-0.15, -0.1) is 0 Å². The third kappa shape index (κ3) is 4.46. The van der Waals surface area contributed by atoms with E-state index in [9.17, 15) is 0 Å². The van der Waals surface area contributed by atoms with E-state index in [4.69, 9.17) is 10.00 Å². The summed E-state index contributed by atoms with van der Waals surface area (Å²) in [6.07, 6.45) is 0. The lowest BCUT2D eigenvalue weighted by atomic mass is 10.0. The molecule has 0 amide bonds. The lowest BCUT2D eigenvalue weighted by Gasteiger charge is -2.12. The van der Waals surface area contributed by atoms with Gasteiger partial charge >= 0.3 is 0 Å². The number of rotatable bonds is 6. The predicted molar refractivity (Wildman–Crippen MR) is 69.1 cm³/mol. The first-order chi connectivity index (χ1) is 8.17. The number of ether oxygens (including phenoxy) is 1. The molecule has 17 heavy (non-hydrogen) atoms. The Hall–Kier alpha value is -1.53. The Bertz CT molecular complexity index is 365. The molecule has 0 aliphatic heterocycles. The monoisotopic (exact) mass is 232 g/mol. The van der Waals surface area contributed by atoms with Crippen LogP contribution in [-0.4, -0.2) is 19.2 Å². The van der Waals surface area contributed by atoms with Gasteiger partial charge in [-0.1, -0.05) is 32.9 Å². The fraction of sp³-hybridized carbons (Fsp3) is 0.500. The maximum atomic E-state index is 8.86. The van der Waals surface area contributed by atoms with Crippen LogP contribution in [0.1, 0.15) is 32.3 Å². The number of nitriles is 1. The van der Waals surface area contributed by atoms with Gasteiger partial charge in [-0.25, -0.2) is 0 Å². The summed E-state index contributed by atoms with van der Waals surface area (Å²) in [6.45, 7) is 7.44. The molecular formula is C14H20N2O. The van der Waals surface area contributed by atoms with Crippen molar-refractivity contribution in [1.82, 2.24) is 5.32 Å². The first-order valence-corrected chi connectivity index (χ1v) is 6.03. The summed E-state index contributed by atoms with van der Waals surface area (Å²) in [5.74, 6) is 1.34. The number of nitrogens with zero attached hydrogens (tertiary/aromatic N) is 1. The highest BCUT2D eigenvalue weighted by molar-refractivity contribution is 5.28. The molecule has 1 aromatic carbocycles. The van der Waals surface area contributed by atoms with Crippen molar-refractivity contribution < 1.29 is 4.74 Å². The molecule has 0 aliphatic rings. The third-order valence-corrected chi connectivity index (χ3v) is 2.57. The van der Waals surface area contributed by atoms with Gasteiger partial charge in [-0.2, -0.15) is 5.26 Å². The molecule has 0 bridgehead atoms. The summed E-state index contributed by atoms with van der Waals surface area (Å²) >= 11 is 0. The lowest BCUT2D eigenvalue weighted by Crippen LogP contribution is -2.32. The fourth-order valence-electron chi connectivity index (χ4n) is 1.52. The Balaban J connectivity index is 2.49. The van der Waals surface area contributed by atoms with Crippen LogP contribution in [-0.2, 0) is 0 Å². The molecule has 0 spiro atoms. The van der Waals surface area contributed by atoms with Crippen LogP contribution in [0.5, 0.6) is 5.75 Å². The van der Waals surface area contributed by atoms with Gasteiger partial charge in [-0.3, -0.25) is 5.32 Å². The molecule has 1 aromatic rings. The highest BCUT2D eigenvalue weighted by Crippen LogP contribution is 2.18. The molecule has 1 rings (SSSR count). The van der Waals surface area contributed by atoms with Crippen molar-refractivity contribution in [2.45, 2.75) is 32.7 Å². The van der Waals surface area contributed by atoms with Crippen molar-refractivity contribution >= 4 is 0 Å². The highest BCUT2D eigenvalue weighted by atomic mass is 16.5. The molecule has 3 nitrogen and oxygen atoms in total. The number of hydrogen-bond acceptors (Lipinski definition) is 3. The molecule has 0 fully saturated rings. The Morgan fingerprint density at radius 1 is 1.29 bits per heavy atom. The third-order valence-electron chi connectivity index (χ3n) is 2.57. The van der Waals surface area contributed by atoms with Crippen LogP contribution in [0, 0.1) is 11.3 Å². The molecule has 1 N–H and O–H groups in total. The molecule has 92 valence electrons. The Morgan fingerprint density at radius 2 is 1.94 bits per heavy atom. The summed E-state index contributed by atoms with van der Waals surface area (Å²) in [5, 5.41) is 11.9. The first kappa shape index (κ1) is 13.5. The second-order valence-corrected chi connectivity index (χ2v) is 4.27. The van der Waals surface area contributed by atoms with Crippen molar-refractivity contribution in [3.05, 3.63) is 29.8 Å². The van der Waals surface area contributed by atoms with Crippen molar-refractivity contribution in [2.75, 3.05) is 13.2 Å². The average molecular weight is 232 g/mol. The van der Waals surface area contributed by atoms with Gasteiger partial charge in [0.05, 0.1) is 6.07 Å². The zero-order valence-corrected chi connectivity index (χ0v) is 10.7. The highest BCUT2D eigenvalue weighted by Gasteiger charge is 2.06. The normalized spacial score (nSPS) is 12.2. The van der Waals surface area contributed by atoms with E-state index in [1.165, 1.54) is 5.56 Å². The van der Waals surface area contributed by atoms with E-state index < -0.39 is 0 Å². The van der Waals surface area contributed by atoms with Crippen molar-refractivity contribution in [2.24, 2.45) is 0 Å². The predicted octanol–water partition coefficient (Wildman–Crippen LogP) is 2.69. The summed E-state index contributed by atoms with van der Waals surface area (Å²) in [6, 6.07) is 9.96. The number of benzene rings is 1. The second-order valence-electron chi connectivity index (χ2n) is 4.27. The van der Waals surface area contributed by atoms with E-state index >= 15 is 0 Å². The lowest BCUT2D eigenvalue weighted by molar-refractivity contribution is 0.291. The minimum atomic E-state index is -0.246.